The third kappa shape index (κ3) is 3.41. The van der Waals surface area contributed by atoms with Crippen molar-refractivity contribution in [3.8, 4) is 0 Å². The zero-order valence-electron chi connectivity index (χ0n) is 16.6. The highest BCUT2D eigenvalue weighted by atomic mass is 16.2. The van der Waals surface area contributed by atoms with Crippen molar-refractivity contribution < 1.29 is 9.59 Å². The molecule has 1 amide bonds. The smallest absolute Gasteiger partial charge is 0.246 e. The van der Waals surface area contributed by atoms with E-state index < -0.39 is 0 Å². The van der Waals surface area contributed by atoms with Crippen molar-refractivity contribution in [1.82, 2.24) is 25.1 Å². The molecule has 0 atom stereocenters. The zero-order valence-corrected chi connectivity index (χ0v) is 16.6. The Morgan fingerprint density at radius 1 is 1.41 bits per heavy atom. The van der Waals surface area contributed by atoms with Gasteiger partial charge in [0.25, 0.3) is 0 Å². The molecule has 1 aromatic carbocycles. The van der Waals surface area contributed by atoms with Gasteiger partial charge in [0.05, 0.1) is 23.3 Å². The molecular weight excluding hydrogens is 368 g/mol. The summed E-state index contributed by atoms with van der Waals surface area (Å²) in [6, 6.07) is 4.10. The summed E-state index contributed by atoms with van der Waals surface area (Å²) in [6.45, 7) is 7.50. The SMILES string of the molecule is C=CC(=O)N1CC(c2nc(C=O)c(CCN(C)c3c(C)ccc4[nH]ncc34)[nH]2)C1. The van der Waals surface area contributed by atoms with Crippen molar-refractivity contribution in [2.75, 3.05) is 31.6 Å². The normalized spacial score (nSPS) is 14.1. The topological polar surface area (TPSA) is 98.0 Å². The number of nitrogens with one attached hydrogen (secondary N) is 2. The Morgan fingerprint density at radius 2 is 2.21 bits per heavy atom. The summed E-state index contributed by atoms with van der Waals surface area (Å²) in [4.78, 5) is 34.8. The van der Waals surface area contributed by atoms with E-state index in [-0.39, 0.29) is 11.8 Å². The van der Waals surface area contributed by atoms with Crippen LogP contribution in [0.3, 0.4) is 0 Å². The van der Waals surface area contributed by atoms with Crippen LogP contribution in [-0.4, -0.2) is 63.9 Å². The molecule has 2 aromatic heterocycles. The van der Waals surface area contributed by atoms with Gasteiger partial charge >= 0.3 is 0 Å². The van der Waals surface area contributed by atoms with Crippen LogP contribution in [0, 0.1) is 6.92 Å². The number of hydrogen-bond donors (Lipinski definition) is 2. The van der Waals surface area contributed by atoms with E-state index in [4.69, 9.17) is 0 Å². The van der Waals surface area contributed by atoms with Crippen molar-refractivity contribution in [1.29, 1.82) is 0 Å². The lowest BCUT2D eigenvalue weighted by molar-refractivity contribution is -0.130. The zero-order chi connectivity index (χ0) is 20.5. The number of likely N-dealkylation sites (N-methyl/N-ethyl adjacent to an activating group) is 1. The van der Waals surface area contributed by atoms with Gasteiger partial charge in [-0.1, -0.05) is 12.6 Å². The minimum Gasteiger partial charge on any atom is -0.373 e. The minimum absolute atomic E-state index is 0.0749. The van der Waals surface area contributed by atoms with E-state index in [9.17, 15) is 9.59 Å². The van der Waals surface area contributed by atoms with Gasteiger partial charge in [0, 0.05) is 44.2 Å². The highest BCUT2D eigenvalue weighted by Gasteiger charge is 2.33. The number of benzene rings is 1. The fraction of sp³-hybridized carbons (Fsp3) is 0.333. The van der Waals surface area contributed by atoms with Crippen molar-refractivity contribution in [2.24, 2.45) is 0 Å². The van der Waals surface area contributed by atoms with Gasteiger partial charge in [-0.25, -0.2) is 4.98 Å². The molecular formula is C21H24N6O2. The number of H-pyrrole nitrogens is 2. The third-order valence-corrected chi connectivity index (χ3v) is 5.57. The van der Waals surface area contributed by atoms with Gasteiger partial charge in [-0.2, -0.15) is 5.10 Å². The van der Waals surface area contributed by atoms with Gasteiger partial charge in [0.2, 0.25) is 5.91 Å². The monoisotopic (exact) mass is 392 g/mol. The van der Waals surface area contributed by atoms with Crippen LogP contribution in [0.2, 0.25) is 0 Å². The molecule has 0 radical (unpaired) electrons. The number of nitrogens with zero attached hydrogens (tertiary/aromatic N) is 4. The lowest BCUT2D eigenvalue weighted by Gasteiger charge is -2.37. The Kier molecular flexibility index (Phi) is 4.92. The Balaban J connectivity index is 1.47. The number of carbonyl (C=O) groups excluding carboxylic acids is 2. The second-order valence-corrected chi connectivity index (χ2v) is 7.48. The number of amides is 1. The summed E-state index contributed by atoms with van der Waals surface area (Å²) in [6.07, 6.45) is 4.61. The number of likely N-dealkylation sites (tertiary alicyclic amines) is 1. The first-order chi connectivity index (χ1) is 14.0. The van der Waals surface area contributed by atoms with Crippen LogP contribution in [-0.2, 0) is 11.2 Å². The van der Waals surface area contributed by atoms with Crippen LogP contribution in [0.25, 0.3) is 10.9 Å². The predicted molar refractivity (Wildman–Crippen MR) is 111 cm³/mol. The quantitative estimate of drug-likeness (QED) is 0.474. The molecule has 1 saturated heterocycles. The Morgan fingerprint density at radius 3 is 2.93 bits per heavy atom. The highest BCUT2D eigenvalue weighted by Crippen LogP contribution is 2.29. The first-order valence-electron chi connectivity index (χ1n) is 9.61. The van der Waals surface area contributed by atoms with Gasteiger partial charge in [-0.3, -0.25) is 14.7 Å². The maximum absolute atomic E-state index is 11.6. The molecule has 2 N–H and O–H groups in total. The molecule has 4 rings (SSSR count). The molecule has 0 saturated carbocycles. The van der Waals surface area contributed by atoms with Crippen molar-refractivity contribution >= 4 is 28.8 Å². The fourth-order valence-corrected chi connectivity index (χ4v) is 3.90. The molecule has 0 aliphatic carbocycles. The number of anilines is 1. The lowest BCUT2D eigenvalue weighted by atomic mass is 9.99. The third-order valence-electron chi connectivity index (χ3n) is 5.57. The second-order valence-electron chi connectivity index (χ2n) is 7.48. The summed E-state index contributed by atoms with van der Waals surface area (Å²) in [5.41, 5.74) is 4.57. The number of carbonyl (C=O) groups is 2. The van der Waals surface area contributed by atoms with E-state index in [0.29, 0.717) is 25.2 Å². The lowest BCUT2D eigenvalue weighted by Crippen LogP contribution is -2.48. The average molecular weight is 392 g/mol. The summed E-state index contributed by atoms with van der Waals surface area (Å²) in [7, 11) is 2.04. The summed E-state index contributed by atoms with van der Waals surface area (Å²) in [5.74, 6) is 0.825. The first-order valence-corrected chi connectivity index (χ1v) is 9.61. The number of aryl methyl sites for hydroxylation is 1. The van der Waals surface area contributed by atoms with E-state index in [2.05, 4.69) is 44.6 Å². The van der Waals surface area contributed by atoms with Gasteiger partial charge in [-0.05, 0) is 24.6 Å². The number of aromatic amines is 2. The van der Waals surface area contributed by atoms with Crippen LogP contribution in [0.15, 0.2) is 31.0 Å². The molecule has 29 heavy (non-hydrogen) atoms. The number of fused-ring (bicyclic) bond motifs is 1. The first kappa shape index (κ1) is 18.9. The maximum Gasteiger partial charge on any atom is 0.246 e. The molecule has 1 aliphatic rings. The van der Waals surface area contributed by atoms with E-state index in [1.807, 2.05) is 19.3 Å². The van der Waals surface area contributed by atoms with Crippen LogP contribution >= 0.6 is 0 Å². The molecule has 3 aromatic rings. The van der Waals surface area contributed by atoms with Gasteiger partial charge < -0.3 is 14.8 Å². The number of rotatable bonds is 7. The van der Waals surface area contributed by atoms with E-state index in [0.717, 1.165) is 40.9 Å². The van der Waals surface area contributed by atoms with Crippen molar-refractivity contribution in [3.05, 3.63) is 53.8 Å². The molecule has 150 valence electrons. The molecule has 0 bridgehead atoms. The Labute approximate surface area is 168 Å². The van der Waals surface area contributed by atoms with Gasteiger partial charge in [0.15, 0.2) is 6.29 Å². The Hall–Kier alpha value is -3.42. The summed E-state index contributed by atoms with van der Waals surface area (Å²) < 4.78 is 0. The number of aldehydes is 1. The highest BCUT2D eigenvalue weighted by molar-refractivity contribution is 5.93. The van der Waals surface area contributed by atoms with Crippen LogP contribution < -0.4 is 4.90 Å². The number of imidazole rings is 1. The maximum atomic E-state index is 11.6. The molecule has 0 spiro atoms. The molecule has 1 fully saturated rings. The molecule has 0 unspecified atom stereocenters. The van der Waals surface area contributed by atoms with Crippen LogP contribution in [0.4, 0.5) is 5.69 Å². The second kappa shape index (κ2) is 7.54. The largest absolute Gasteiger partial charge is 0.373 e. The fourth-order valence-electron chi connectivity index (χ4n) is 3.90. The molecule has 3 heterocycles. The van der Waals surface area contributed by atoms with Gasteiger partial charge in [-0.15, -0.1) is 0 Å². The standard InChI is InChI=1S/C21H24N6O2/c1-4-19(29)27-10-14(11-27)21-23-17(18(12-28)24-21)7-8-26(3)20-13(2)5-6-16-15(20)9-22-25-16/h4-6,9,12,14H,1,7-8,10-11H2,2-3H3,(H,22,25)(H,23,24). The summed E-state index contributed by atoms with van der Waals surface area (Å²) in [5, 5.41) is 8.23. The van der Waals surface area contributed by atoms with E-state index in [1.54, 1.807) is 4.90 Å². The van der Waals surface area contributed by atoms with Crippen molar-refractivity contribution in [2.45, 2.75) is 19.3 Å². The summed E-state index contributed by atoms with van der Waals surface area (Å²) >= 11 is 0. The van der Waals surface area contributed by atoms with Crippen LogP contribution in [0.1, 0.15) is 33.5 Å². The molecule has 8 heteroatoms. The predicted octanol–water partition coefficient (Wildman–Crippen LogP) is 2.20. The van der Waals surface area contributed by atoms with Crippen LogP contribution in [0.5, 0.6) is 0 Å². The van der Waals surface area contributed by atoms with E-state index in [1.165, 1.54) is 11.6 Å². The molecule has 8 nitrogen and oxygen atoms in total. The van der Waals surface area contributed by atoms with Crippen molar-refractivity contribution in [3.63, 3.8) is 0 Å². The van der Waals surface area contributed by atoms with E-state index >= 15 is 0 Å². The Bertz CT molecular complexity index is 1080. The number of aromatic nitrogens is 4. The average Bonchev–Trinajstić information content (AvgIpc) is 3.31. The molecule has 1 aliphatic heterocycles. The van der Waals surface area contributed by atoms with Gasteiger partial charge in [0.1, 0.15) is 11.5 Å². The minimum atomic E-state index is -0.0749. The number of hydrogen-bond acceptors (Lipinski definition) is 5.